The predicted octanol–water partition coefficient (Wildman–Crippen LogP) is 4.00. The van der Waals surface area contributed by atoms with Gasteiger partial charge in [0.2, 0.25) is 0 Å². The van der Waals surface area contributed by atoms with Gasteiger partial charge in [-0.05, 0) is 30.2 Å². The summed E-state index contributed by atoms with van der Waals surface area (Å²) in [7, 11) is 0. The lowest BCUT2D eigenvalue weighted by Crippen LogP contribution is -2.19. The van der Waals surface area contributed by atoms with Crippen LogP contribution in [0, 0.1) is 18.3 Å². The molecule has 19 heavy (non-hydrogen) atoms. The number of halogens is 1. The Labute approximate surface area is 118 Å². The summed E-state index contributed by atoms with van der Waals surface area (Å²) in [6.07, 6.45) is 0. The number of nitrogens with zero attached hydrogens (tertiary/aromatic N) is 1. The molecule has 2 aromatic carbocycles. The third-order valence-corrected chi connectivity index (χ3v) is 3.18. The summed E-state index contributed by atoms with van der Waals surface area (Å²) >= 11 is 5.94. The second kappa shape index (κ2) is 6.38. The Morgan fingerprint density at radius 2 is 1.95 bits per heavy atom. The molecule has 0 saturated carbocycles. The fraction of sp³-hybridized carbons (Fsp3) is 0.188. The normalized spacial score (nSPS) is 11.8. The Morgan fingerprint density at radius 1 is 1.21 bits per heavy atom. The van der Waals surface area contributed by atoms with Crippen LogP contribution >= 0.6 is 11.6 Å². The molecule has 3 heteroatoms. The van der Waals surface area contributed by atoms with Crippen LogP contribution in [0.2, 0.25) is 5.02 Å². The van der Waals surface area contributed by atoms with Crippen molar-refractivity contribution in [1.29, 1.82) is 5.26 Å². The molecule has 1 unspecified atom stereocenters. The lowest BCUT2D eigenvalue weighted by Gasteiger charge is -2.12. The van der Waals surface area contributed by atoms with Gasteiger partial charge >= 0.3 is 0 Å². The van der Waals surface area contributed by atoms with Crippen LogP contribution in [0.1, 0.15) is 22.7 Å². The first-order valence-corrected chi connectivity index (χ1v) is 6.51. The van der Waals surface area contributed by atoms with E-state index >= 15 is 0 Å². The van der Waals surface area contributed by atoms with Crippen molar-refractivity contribution in [3.8, 4) is 6.07 Å². The zero-order valence-electron chi connectivity index (χ0n) is 10.7. The van der Waals surface area contributed by atoms with Gasteiger partial charge in [0.1, 0.15) is 6.04 Å². The number of nitriles is 1. The largest absolute Gasteiger partial charge is 0.294 e. The minimum Gasteiger partial charge on any atom is -0.294 e. The standard InChI is InChI=1S/C16H15ClN2/c1-12-5-7-13(8-6-12)11-19-16(10-18)14-3-2-4-15(17)9-14/h2-9,16,19H,11H2,1H3. The number of rotatable bonds is 4. The Kier molecular flexibility index (Phi) is 4.57. The monoisotopic (exact) mass is 270 g/mol. The maximum Gasteiger partial charge on any atom is 0.121 e. The van der Waals surface area contributed by atoms with E-state index < -0.39 is 0 Å². The van der Waals surface area contributed by atoms with Crippen LogP contribution < -0.4 is 5.32 Å². The lowest BCUT2D eigenvalue weighted by molar-refractivity contribution is 0.630. The van der Waals surface area contributed by atoms with Crippen LogP contribution in [0.25, 0.3) is 0 Å². The molecule has 0 aliphatic carbocycles. The molecule has 96 valence electrons. The summed E-state index contributed by atoms with van der Waals surface area (Å²) in [6, 6.07) is 17.6. The van der Waals surface area contributed by atoms with Gasteiger partial charge in [-0.1, -0.05) is 53.6 Å². The summed E-state index contributed by atoms with van der Waals surface area (Å²) in [5, 5.41) is 13.1. The Balaban J connectivity index is 2.04. The zero-order chi connectivity index (χ0) is 13.7. The molecule has 0 fully saturated rings. The highest BCUT2D eigenvalue weighted by Gasteiger charge is 2.09. The van der Waals surface area contributed by atoms with E-state index in [-0.39, 0.29) is 6.04 Å². The molecule has 0 bridgehead atoms. The molecule has 0 saturated heterocycles. The van der Waals surface area contributed by atoms with Gasteiger partial charge in [-0.15, -0.1) is 0 Å². The molecule has 2 nitrogen and oxygen atoms in total. The van der Waals surface area contributed by atoms with E-state index in [1.54, 1.807) is 6.07 Å². The second-order valence-electron chi connectivity index (χ2n) is 4.48. The highest BCUT2D eigenvalue weighted by Crippen LogP contribution is 2.17. The van der Waals surface area contributed by atoms with Crippen LogP contribution in [0.5, 0.6) is 0 Å². The Bertz CT molecular complexity index is 584. The van der Waals surface area contributed by atoms with Crippen LogP contribution in [-0.4, -0.2) is 0 Å². The van der Waals surface area contributed by atoms with E-state index in [1.807, 2.05) is 18.2 Å². The van der Waals surface area contributed by atoms with Gasteiger partial charge in [0.05, 0.1) is 6.07 Å². The molecular formula is C16H15ClN2. The lowest BCUT2D eigenvalue weighted by atomic mass is 10.1. The van der Waals surface area contributed by atoms with Crippen molar-refractivity contribution in [2.75, 3.05) is 0 Å². The van der Waals surface area contributed by atoms with Crippen molar-refractivity contribution in [1.82, 2.24) is 5.32 Å². The first-order chi connectivity index (χ1) is 9.19. The molecule has 2 aromatic rings. The smallest absolute Gasteiger partial charge is 0.121 e. The number of aryl methyl sites for hydroxylation is 1. The van der Waals surface area contributed by atoms with Gasteiger partial charge < -0.3 is 0 Å². The number of benzene rings is 2. The number of nitrogens with one attached hydrogen (secondary N) is 1. The van der Waals surface area contributed by atoms with Crippen LogP contribution in [0.4, 0.5) is 0 Å². The fourth-order valence-electron chi connectivity index (χ4n) is 1.85. The van der Waals surface area contributed by atoms with E-state index in [1.165, 1.54) is 5.56 Å². The second-order valence-corrected chi connectivity index (χ2v) is 4.92. The van der Waals surface area contributed by atoms with Crippen LogP contribution in [0.15, 0.2) is 48.5 Å². The van der Waals surface area contributed by atoms with Crippen LogP contribution in [0.3, 0.4) is 0 Å². The molecule has 1 N–H and O–H groups in total. The number of hydrogen-bond donors (Lipinski definition) is 1. The molecule has 0 aliphatic rings. The summed E-state index contributed by atoms with van der Waals surface area (Å²) < 4.78 is 0. The van der Waals surface area contributed by atoms with E-state index in [0.29, 0.717) is 11.6 Å². The topological polar surface area (TPSA) is 35.8 Å². The van der Waals surface area contributed by atoms with Crippen molar-refractivity contribution in [2.45, 2.75) is 19.5 Å². The van der Waals surface area contributed by atoms with Gasteiger partial charge in [0.25, 0.3) is 0 Å². The average molecular weight is 271 g/mol. The summed E-state index contributed by atoms with van der Waals surface area (Å²) in [4.78, 5) is 0. The van der Waals surface area contributed by atoms with Crippen molar-refractivity contribution < 1.29 is 0 Å². The zero-order valence-corrected chi connectivity index (χ0v) is 11.5. The third kappa shape index (κ3) is 3.82. The molecule has 0 amide bonds. The van der Waals surface area contributed by atoms with Gasteiger partial charge in [0.15, 0.2) is 0 Å². The van der Waals surface area contributed by atoms with Crippen molar-refractivity contribution in [2.24, 2.45) is 0 Å². The Morgan fingerprint density at radius 3 is 2.58 bits per heavy atom. The van der Waals surface area contributed by atoms with Gasteiger partial charge in [0, 0.05) is 11.6 Å². The van der Waals surface area contributed by atoms with Crippen LogP contribution in [-0.2, 0) is 6.54 Å². The third-order valence-electron chi connectivity index (χ3n) is 2.94. The summed E-state index contributed by atoms with van der Waals surface area (Å²) in [5.41, 5.74) is 3.28. The first kappa shape index (κ1) is 13.6. The Hall–Kier alpha value is -1.82. The molecule has 2 rings (SSSR count). The molecule has 0 spiro atoms. The predicted molar refractivity (Wildman–Crippen MR) is 77.8 cm³/mol. The quantitative estimate of drug-likeness (QED) is 0.911. The molecule has 0 radical (unpaired) electrons. The number of hydrogen-bond acceptors (Lipinski definition) is 2. The maximum atomic E-state index is 9.24. The molecular weight excluding hydrogens is 256 g/mol. The fourth-order valence-corrected chi connectivity index (χ4v) is 2.05. The summed E-state index contributed by atoms with van der Waals surface area (Å²) in [6.45, 7) is 2.71. The minimum absolute atomic E-state index is 0.347. The van der Waals surface area contributed by atoms with E-state index in [4.69, 9.17) is 11.6 Å². The minimum atomic E-state index is -0.347. The van der Waals surface area contributed by atoms with Gasteiger partial charge in [-0.2, -0.15) is 5.26 Å². The maximum absolute atomic E-state index is 9.24. The SMILES string of the molecule is Cc1ccc(CNC(C#N)c2cccc(Cl)c2)cc1. The van der Waals surface area contributed by atoms with Crippen molar-refractivity contribution >= 4 is 11.6 Å². The molecule has 0 heterocycles. The molecule has 1 atom stereocenters. The van der Waals surface area contributed by atoms with E-state index in [9.17, 15) is 5.26 Å². The van der Waals surface area contributed by atoms with Gasteiger partial charge in [-0.3, -0.25) is 5.32 Å². The first-order valence-electron chi connectivity index (χ1n) is 6.13. The van der Waals surface area contributed by atoms with Gasteiger partial charge in [-0.25, -0.2) is 0 Å². The van der Waals surface area contributed by atoms with Crippen molar-refractivity contribution in [3.05, 3.63) is 70.2 Å². The highest BCUT2D eigenvalue weighted by molar-refractivity contribution is 6.30. The molecule has 0 aromatic heterocycles. The van der Waals surface area contributed by atoms with E-state index in [2.05, 4.69) is 42.6 Å². The van der Waals surface area contributed by atoms with Crippen molar-refractivity contribution in [3.63, 3.8) is 0 Å². The average Bonchev–Trinajstić information content (AvgIpc) is 2.42. The summed E-state index contributed by atoms with van der Waals surface area (Å²) in [5.74, 6) is 0. The highest BCUT2D eigenvalue weighted by atomic mass is 35.5. The van der Waals surface area contributed by atoms with E-state index in [0.717, 1.165) is 11.1 Å². The molecule has 0 aliphatic heterocycles.